The Morgan fingerprint density at radius 2 is 0.875 bits per heavy atom. The van der Waals surface area contributed by atoms with Crippen molar-refractivity contribution in [3.05, 3.63) is 38.0 Å². The molecule has 0 aromatic carbocycles. The largest absolute Gasteiger partial charge is 0.0995 e. The van der Waals surface area contributed by atoms with E-state index >= 15 is 0 Å². The van der Waals surface area contributed by atoms with Crippen molar-refractivity contribution >= 4 is 7.26 Å². The van der Waals surface area contributed by atoms with Gasteiger partial charge in [0.25, 0.3) is 0 Å². The Hall–Kier alpha value is -0.350. The van der Waals surface area contributed by atoms with Gasteiger partial charge in [0.1, 0.15) is 0 Å². The van der Waals surface area contributed by atoms with Gasteiger partial charge in [0.15, 0.2) is 0 Å². The Balaban J connectivity index is 3.66. The first kappa shape index (κ1) is 23.6. The van der Waals surface area contributed by atoms with E-state index in [0.717, 1.165) is 0 Å². The van der Waals surface area contributed by atoms with E-state index in [9.17, 15) is 0 Å². The predicted molar refractivity (Wildman–Crippen MR) is 118 cm³/mol. The molecule has 0 aliphatic carbocycles. The van der Waals surface area contributed by atoms with Crippen LogP contribution >= 0.6 is 7.26 Å². The van der Waals surface area contributed by atoms with Gasteiger partial charge in [-0.1, -0.05) is 109 Å². The molecule has 140 valence electrons. The molecule has 0 rings (SSSR count). The first-order valence-corrected chi connectivity index (χ1v) is 13.0. The minimum atomic E-state index is -0.930. The highest BCUT2D eigenvalue weighted by atomic mass is 31.2. The van der Waals surface area contributed by atoms with Crippen LogP contribution in [0.25, 0.3) is 0 Å². The monoisotopic (exact) mass is 351 g/mol. The summed E-state index contributed by atoms with van der Waals surface area (Å²) < 4.78 is 0. The number of rotatable bonds is 19. The van der Waals surface area contributed by atoms with Gasteiger partial charge in [0.05, 0.1) is 24.6 Å². The molecule has 0 saturated heterocycles. The van der Waals surface area contributed by atoms with Gasteiger partial charge in [-0.2, -0.15) is 0 Å². The molecule has 0 atom stereocenters. The van der Waals surface area contributed by atoms with Crippen LogP contribution in [0.2, 0.25) is 0 Å². The SMILES string of the molecule is C=CC[P+](CC=C)(CC=C)CCCCCCCCCCCCCC. The molecular weight excluding hydrogens is 307 g/mol. The fourth-order valence-electron chi connectivity index (χ4n) is 3.61. The van der Waals surface area contributed by atoms with Gasteiger partial charge in [-0.25, -0.2) is 0 Å². The molecule has 0 N–H and O–H groups in total. The summed E-state index contributed by atoms with van der Waals surface area (Å²) in [5.74, 6) is 0. The molecule has 0 saturated carbocycles. The Morgan fingerprint density at radius 3 is 1.21 bits per heavy atom. The van der Waals surface area contributed by atoms with E-state index < -0.39 is 7.26 Å². The van der Waals surface area contributed by atoms with Gasteiger partial charge in [0, 0.05) is 7.26 Å². The zero-order chi connectivity index (χ0) is 17.9. The second kappa shape index (κ2) is 17.5. The lowest BCUT2D eigenvalue weighted by Gasteiger charge is -2.24. The summed E-state index contributed by atoms with van der Waals surface area (Å²) in [7, 11) is -0.930. The van der Waals surface area contributed by atoms with Crippen LogP contribution in [0.1, 0.15) is 84.0 Å². The lowest BCUT2D eigenvalue weighted by Crippen LogP contribution is -2.09. The fourth-order valence-corrected chi connectivity index (χ4v) is 7.14. The van der Waals surface area contributed by atoms with E-state index in [2.05, 4.69) is 44.9 Å². The van der Waals surface area contributed by atoms with Gasteiger partial charge in [-0.3, -0.25) is 0 Å². The smallest absolute Gasteiger partial charge is 0.0777 e. The standard InChI is InChI=1S/C23H44P/c1-5-9-10-11-12-13-14-15-16-17-18-19-23-24(20-6-2,21-7-3)22-8-4/h6-8H,2-5,9-23H2,1H3/q+1. The van der Waals surface area contributed by atoms with Crippen molar-refractivity contribution in [1.29, 1.82) is 0 Å². The summed E-state index contributed by atoms with van der Waals surface area (Å²) in [5, 5.41) is 0. The van der Waals surface area contributed by atoms with Crippen molar-refractivity contribution in [2.75, 3.05) is 24.6 Å². The number of unbranched alkanes of at least 4 members (excludes halogenated alkanes) is 11. The van der Waals surface area contributed by atoms with Crippen molar-refractivity contribution in [3.63, 3.8) is 0 Å². The first-order valence-electron chi connectivity index (χ1n) is 10.4. The highest BCUT2D eigenvalue weighted by Crippen LogP contribution is 2.59. The molecule has 0 unspecified atom stereocenters. The Morgan fingerprint density at radius 1 is 0.542 bits per heavy atom. The van der Waals surface area contributed by atoms with E-state index in [1.807, 2.05) is 0 Å². The van der Waals surface area contributed by atoms with Gasteiger partial charge in [-0.15, -0.1) is 0 Å². The maximum absolute atomic E-state index is 3.98. The van der Waals surface area contributed by atoms with E-state index in [4.69, 9.17) is 0 Å². The third kappa shape index (κ3) is 13.0. The lowest BCUT2D eigenvalue weighted by molar-refractivity contribution is 0.548. The highest BCUT2D eigenvalue weighted by Gasteiger charge is 2.32. The maximum Gasteiger partial charge on any atom is 0.0777 e. The van der Waals surface area contributed by atoms with Crippen LogP contribution in [0.15, 0.2) is 38.0 Å². The molecule has 0 nitrogen and oxygen atoms in total. The minimum Gasteiger partial charge on any atom is -0.0995 e. The number of hydrogen-bond donors (Lipinski definition) is 0. The van der Waals surface area contributed by atoms with E-state index in [1.54, 1.807) is 0 Å². The zero-order valence-corrected chi connectivity index (χ0v) is 17.5. The van der Waals surface area contributed by atoms with Crippen LogP contribution in [0.5, 0.6) is 0 Å². The molecule has 0 aromatic rings. The summed E-state index contributed by atoms with van der Waals surface area (Å²) in [6.45, 7) is 14.2. The maximum atomic E-state index is 3.98. The molecular formula is C23H44P+. The van der Waals surface area contributed by atoms with Crippen molar-refractivity contribution in [3.8, 4) is 0 Å². The first-order chi connectivity index (χ1) is 11.7. The fraction of sp³-hybridized carbons (Fsp3) is 0.739. The number of allylic oxidation sites excluding steroid dienone is 3. The third-order valence-corrected chi connectivity index (χ3v) is 9.40. The topological polar surface area (TPSA) is 0 Å². The van der Waals surface area contributed by atoms with Gasteiger partial charge in [-0.05, 0) is 12.8 Å². The third-order valence-electron chi connectivity index (χ3n) is 5.04. The molecule has 0 heterocycles. The molecule has 0 fully saturated rings. The van der Waals surface area contributed by atoms with Crippen molar-refractivity contribution in [2.45, 2.75) is 84.0 Å². The summed E-state index contributed by atoms with van der Waals surface area (Å²) in [6.07, 6.45) is 28.5. The summed E-state index contributed by atoms with van der Waals surface area (Å²) in [5.41, 5.74) is 0. The second-order valence-electron chi connectivity index (χ2n) is 7.37. The molecule has 0 bridgehead atoms. The molecule has 0 aromatic heterocycles. The van der Waals surface area contributed by atoms with Crippen LogP contribution < -0.4 is 0 Å². The average Bonchev–Trinajstić information content (AvgIpc) is 2.56. The van der Waals surface area contributed by atoms with Crippen LogP contribution in [0.4, 0.5) is 0 Å². The van der Waals surface area contributed by atoms with Crippen LogP contribution in [-0.4, -0.2) is 24.6 Å². The molecule has 1 heteroatoms. The molecule has 0 amide bonds. The van der Waals surface area contributed by atoms with Crippen molar-refractivity contribution in [1.82, 2.24) is 0 Å². The highest BCUT2D eigenvalue weighted by molar-refractivity contribution is 7.76. The molecule has 0 aliphatic rings. The number of hydrogen-bond acceptors (Lipinski definition) is 0. The molecule has 0 spiro atoms. The van der Waals surface area contributed by atoms with E-state index in [0.29, 0.717) is 0 Å². The average molecular weight is 352 g/mol. The second-order valence-corrected chi connectivity index (χ2v) is 11.6. The van der Waals surface area contributed by atoms with Crippen molar-refractivity contribution in [2.24, 2.45) is 0 Å². The quantitative estimate of drug-likeness (QED) is 0.125. The summed E-state index contributed by atoms with van der Waals surface area (Å²) in [6, 6.07) is 0. The van der Waals surface area contributed by atoms with Gasteiger partial charge < -0.3 is 0 Å². The predicted octanol–water partition coefficient (Wildman–Crippen LogP) is 8.26. The lowest BCUT2D eigenvalue weighted by atomic mass is 10.1. The minimum absolute atomic E-state index is 0.930. The normalized spacial score (nSPS) is 11.4. The summed E-state index contributed by atoms with van der Waals surface area (Å²) in [4.78, 5) is 0. The van der Waals surface area contributed by atoms with E-state index in [-0.39, 0.29) is 0 Å². The Bertz CT molecular complexity index is 279. The van der Waals surface area contributed by atoms with Gasteiger partial charge in [0.2, 0.25) is 0 Å². The van der Waals surface area contributed by atoms with Crippen LogP contribution in [-0.2, 0) is 0 Å². The molecule has 0 radical (unpaired) electrons. The Kier molecular flexibility index (Phi) is 17.2. The van der Waals surface area contributed by atoms with Crippen LogP contribution in [0.3, 0.4) is 0 Å². The summed E-state index contributed by atoms with van der Waals surface area (Å²) >= 11 is 0. The van der Waals surface area contributed by atoms with Crippen LogP contribution in [0, 0.1) is 0 Å². The van der Waals surface area contributed by atoms with Crippen molar-refractivity contribution < 1.29 is 0 Å². The molecule has 24 heavy (non-hydrogen) atoms. The molecule has 0 aliphatic heterocycles. The zero-order valence-electron chi connectivity index (χ0n) is 16.6. The van der Waals surface area contributed by atoms with Gasteiger partial charge >= 0.3 is 0 Å². The van der Waals surface area contributed by atoms with E-state index in [1.165, 1.54) is 102 Å². The Labute approximate surface area is 154 Å².